The number of amides is 1. The molecule has 0 spiro atoms. The normalized spacial score (nSPS) is 18.7. The van der Waals surface area contributed by atoms with E-state index < -0.39 is 5.24 Å². The molecule has 0 saturated carbocycles. The Bertz CT molecular complexity index is 823. The number of halogens is 2. The summed E-state index contributed by atoms with van der Waals surface area (Å²) in [6.45, 7) is 2.77. The van der Waals surface area contributed by atoms with Crippen LogP contribution in [-0.4, -0.2) is 17.8 Å². The average Bonchev–Trinajstić information content (AvgIpc) is 2.68. The van der Waals surface area contributed by atoms with E-state index in [2.05, 4.69) is 6.92 Å². The summed E-state index contributed by atoms with van der Waals surface area (Å²) in [6.07, 6.45) is 2.59. The van der Waals surface area contributed by atoms with Crippen LogP contribution in [0.5, 0.6) is 5.75 Å². The van der Waals surface area contributed by atoms with E-state index in [1.807, 2.05) is 24.3 Å². The minimum Gasteiger partial charge on any atom is -0.494 e. The van der Waals surface area contributed by atoms with E-state index in [0.29, 0.717) is 18.7 Å². The molecule has 1 amide bonds. The van der Waals surface area contributed by atoms with Gasteiger partial charge >= 0.3 is 0 Å². The minimum absolute atomic E-state index is 0.0854. The summed E-state index contributed by atoms with van der Waals surface area (Å²) in [7, 11) is 0. The van der Waals surface area contributed by atoms with Crippen molar-refractivity contribution < 1.29 is 18.7 Å². The summed E-state index contributed by atoms with van der Waals surface area (Å²) in [6, 6.07) is 13.3. The Labute approximate surface area is 169 Å². The Morgan fingerprint density at radius 3 is 2.43 bits per heavy atom. The summed E-state index contributed by atoms with van der Waals surface area (Å²) >= 11 is 5.47. The van der Waals surface area contributed by atoms with Gasteiger partial charge in [-0.3, -0.25) is 9.59 Å². The smallest absolute Gasteiger partial charge is 0.233 e. The summed E-state index contributed by atoms with van der Waals surface area (Å²) in [5, 5.41) is -0.452. The molecular formula is C22H23ClFNO3. The van der Waals surface area contributed by atoms with Gasteiger partial charge in [-0.15, -0.1) is 0 Å². The van der Waals surface area contributed by atoms with Crippen molar-refractivity contribution in [3.63, 3.8) is 0 Å². The second-order valence-corrected chi connectivity index (χ2v) is 7.32. The number of anilines is 1. The van der Waals surface area contributed by atoms with E-state index in [1.54, 1.807) is 17.0 Å². The number of ether oxygens (including phenoxy) is 1. The molecule has 0 unspecified atom stereocenters. The van der Waals surface area contributed by atoms with Crippen LogP contribution < -0.4 is 9.64 Å². The van der Waals surface area contributed by atoms with Crippen molar-refractivity contribution in [3.05, 3.63) is 59.9 Å². The number of rotatable bonds is 9. The first-order valence-electron chi connectivity index (χ1n) is 9.51. The molecule has 0 aliphatic carbocycles. The van der Waals surface area contributed by atoms with Crippen LogP contribution in [0.15, 0.2) is 48.5 Å². The van der Waals surface area contributed by atoms with Crippen molar-refractivity contribution in [1.29, 1.82) is 0 Å². The molecule has 2 aromatic carbocycles. The van der Waals surface area contributed by atoms with Crippen LogP contribution >= 0.6 is 11.6 Å². The highest BCUT2D eigenvalue weighted by Crippen LogP contribution is 2.45. The van der Waals surface area contributed by atoms with Crippen LogP contribution in [0, 0.1) is 11.7 Å². The van der Waals surface area contributed by atoms with E-state index in [1.165, 1.54) is 12.1 Å². The maximum Gasteiger partial charge on any atom is 0.233 e. The first kappa shape index (κ1) is 20.3. The first-order valence-corrected chi connectivity index (χ1v) is 9.88. The van der Waals surface area contributed by atoms with E-state index in [-0.39, 0.29) is 30.1 Å². The molecule has 0 radical (unpaired) electrons. The number of carbonyl (C=O) groups is 2. The average molecular weight is 404 g/mol. The Hall–Kier alpha value is -2.40. The fraction of sp³-hybridized carbons (Fsp3) is 0.364. The molecule has 2 atom stereocenters. The lowest BCUT2D eigenvalue weighted by molar-refractivity contribution is -0.131. The van der Waals surface area contributed by atoms with E-state index in [0.717, 1.165) is 24.2 Å². The SMILES string of the molecule is CCCCOc1ccc([C@@H]2[C@@H](CCC(=O)Cl)C(=O)N2c2ccc(F)cc2)cc1. The maximum atomic E-state index is 13.3. The second kappa shape index (κ2) is 9.20. The van der Waals surface area contributed by atoms with Crippen molar-refractivity contribution in [1.82, 2.24) is 0 Å². The van der Waals surface area contributed by atoms with Gasteiger partial charge < -0.3 is 9.64 Å². The number of carbonyl (C=O) groups excluding carboxylic acids is 2. The van der Waals surface area contributed by atoms with Gasteiger partial charge in [0.25, 0.3) is 0 Å². The lowest BCUT2D eigenvalue weighted by Crippen LogP contribution is -2.55. The van der Waals surface area contributed by atoms with Gasteiger partial charge in [0.15, 0.2) is 0 Å². The lowest BCUT2D eigenvalue weighted by Gasteiger charge is -2.47. The lowest BCUT2D eigenvalue weighted by atomic mass is 9.79. The fourth-order valence-corrected chi connectivity index (χ4v) is 3.57. The second-order valence-electron chi connectivity index (χ2n) is 6.90. The number of hydrogen-bond donors (Lipinski definition) is 0. The molecule has 0 bridgehead atoms. The molecule has 28 heavy (non-hydrogen) atoms. The molecule has 1 saturated heterocycles. The molecule has 1 heterocycles. The zero-order valence-electron chi connectivity index (χ0n) is 15.7. The molecule has 0 N–H and O–H groups in total. The zero-order chi connectivity index (χ0) is 20.1. The molecule has 6 heteroatoms. The van der Waals surface area contributed by atoms with Crippen molar-refractivity contribution in [3.8, 4) is 5.75 Å². The molecule has 1 aliphatic heterocycles. The number of nitrogens with zero attached hydrogens (tertiary/aromatic N) is 1. The molecule has 1 fully saturated rings. The molecule has 4 nitrogen and oxygen atoms in total. The Morgan fingerprint density at radius 1 is 1.14 bits per heavy atom. The van der Waals surface area contributed by atoms with Crippen molar-refractivity contribution in [2.45, 2.75) is 38.6 Å². The Kier molecular flexibility index (Phi) is 6.68. The van der Waals surface area contributed by atoms with Crippen LogP contribution in [0.3, 0.4) is 0 Å². The fourth-order valence-electron chi connectivity index (χ4n) is 3.47. The Morgan fingerprint density at radius 2 is 1.82 bits per heavy atom. The molecular weight excluding hydrogens is 381 g/mol. The first-order chi connectivity index (χ1) is 13.5. The minimum atomic E-state index is -0.452. The van der Waals surface area contributed by atoms with Crippen LogP contribution in [-0.2, 0) is 9.59 Å². The topological polar surface area (TPSA) is 46.6 Å². The number of β-lactam (4-membered cyclic amide) rings is 1. The van der Waals surface area contributed by atoms with Gasteiger partial charge in [-0.05, 0) is 66.4 Å². The van der Waals surface area contributed by atoms with Crippen LogP contribution in [0.4, 0.5) is 10.1 Å². The summed E-state index contributed by atoms with van der Waals surface area (Å²) in [5.74, 6) is 0.00668. The van der Waals surface area contributed by atoms with Crippen molar-refractivity contribution in [2.24, 2.45) is 5.92 Å². The van der Waals surface area contributed by atoms with Gasteiger partial charge in [0.2, 0.25) is 11.1 Å². The predicted molar refractivity (Wildman–Crippen MR) is 107 cm³/mol. The zero-order valence-corrected chi connectivity index (χ0v) is 16.5. The van der Waals surface area contributed by atoms with Gasteiger partial charge in [0.05, 0.1) is 18.6 Å². The van der Waals surface area contributed by atoms with Crippen LogP contribution in [0.2, 0.25) is 0 Å². The summed E-state index contributed by atoms with van der Waals surface area (Å²) in [4.78, 5) is 25.6. The van der Waals surface area contributed by atoms with Crippen molar-refractivity contribution in [2.75, 3.05) is 11.5 Å². The summed E-state index contributed by atoms with van der Waals surface area (Å²) < 4.78 is 19.0. The van der Waals surface area contributed by atoms with Crippen LogP contribution in [0.1, 0.15) is 44.2 Å². The number of hydrogen-bond acceptors (Lipinski definition) is 3. The predicted octanol–water partition coefficient (Wildman–Crippen LogP) is 5.25. The number of unbranched alkanes of at least 4 members (excludes halogenated alkanes) is 1. The molecule has 148 valence electrons. The third-order valence-electron chi connectivity index (χ3n) is 4.96. The van der Waals surface area contributed by atoms with Crippen LogP contribution in [0.25, 0.3) is 0 Å². The van der Waals surface area contributed by atoms with E-state index in [9.17, 15) is 14.0 Å². The highest BCUT2D eigenvalue weighted by Gasteiger charge is 2.48. The molecule has 1 aliphatic rings. The summed E-state index contributed by atoms with van der Waals surface area (Å²) in [5.41, 5.74) is 1.58. The van der Waals surface area contributed by atoms with Gasteiger partial charge in [0, 0.05) is 12.1 Å². The monoisotopic (exact) mass is 403 g/mol. The van der Waals surface area contributed by atoms with Gasteiger partial charge in [0.1, 0.15) is 11.6 Å². The molecule has 3 rings (SSSR count). The molecule has 0 aromatic heterocycles. The molecule has 2 aromatic rings. The Balaban J connectivity index is 1.82. The quantitative estimate of drug-likeness (QED) is 0.326. The highest BCUT2D eigenvalue weighted by molar-refractivity contribution is 6.63. The third kappa shape index (κ3) is 4.53. The van der Waals surface area contributed by atoms with E-state index in [4.69, 9.17) is 16.3 Å². The highest BCUT2D eigenvalue weighted by atomic mass is 35.5. The largest absolute Gasteiger partial charge is 0.494 e. The van der Waals surface area contributed by atoms with Crippen molar-refractivity contribution >= 4 is 28.4 Å². The maximum absolute atomic E-state index is 13.3. The number of benzene rings is 2. The third-order valence-corrected chi connectivity index (χ3v) is 5.15. The van der Waals surface area contributed by atoms with Gasteiger partial charge in [-0.2, -0.15) is 0 Å². The van der Waals surface area contributed by atoms with Gasteiger partial charge in [-0.25, -0.2) is 4.39 Å². The standard InChI is InChI=1S/C22H23ClFNO3/c1-2-3-14-28-18-10-4-15(5-11-18)21-19(12-13-20(23)26)22(27)25(21)17-8-6-16(24)7-9-17/h4-11,19,21H,2-3,12-14H2,1H3/t19-,21-/m1/s1. The van der Waals surface area contributed by atoms with E-state index >= 15 is 0 Å². The van der Waals surface area contributed by atoms with Gasteiger partial charge in [-0.1, -0.05) is 25.5 Å².